The Balaban J connectivity index is 2.70. The maximum Gasteiger partial charge on any atom is 0.242 e. The lowest BCUT2D eigenvalue weighted by atomic mass is 10.1. The fourth-order valence-corrected chi connectivity index (χ4v) is 1.98. The van der Waals surface area contributed by atoms with Crippen LogP contribution in [0.5, 0.6) is 0 Å². The Kier molecular flexibility index (Phi) is 6.06. The molecule has 1 atom stereocenters. The number of nitrogens with one attached hydrogen (secondary N) is 1. The molecule has 0 saturated heterocycles. The topological polar surface area (TPSA) is 49.4 Å². The average Bonchev–Trinajstić information content (AvgIpc) is 2.47. The molecule has 0 bridgehead atoms. The van der Waals surface area contributed by atoms with Crippen LogP contribution in [-0.4, -0.2) is 36.3 Å². The van der Waals surface area contributed by atoms with E-state index in [-0.39, 0.29) is 11.8 Å². The van der Waals surface area contributed by atoms with E-state index >= 15 is 0 Å². The second-order valence-electron chi connectivity index (χ2n) is 4.47. The van der Waals surface area contributed by atoms with Gasteiger partial charge in [-0.15, -0.1) is 0 Å². The second-order valence-corrected chi connectivity index (χ2v) is 4.47. The SMILES string of the molecule is CCC(=O)N(CCc1ccccc1)[C@H](C)C(=O)NC. The van der Waals surface area contributed by atoms with E-state index in [0.29, 0.717) is 13.0 Å². The van der Waals surface area contributed by atoms with Gasteiger partial charge in [0.1, 0.15) is 6.04 Å². The first-order valence-electron chi connectivity index (χ1n) is 6.65. The van der Waals surface area contributed by atoms with E-state index < -0.39 is 6.04 Å². The van der Waals surface area contributed by atoms with Crippen LogP contribution in [0.4, 0.5) is 0 Å². The van der Waals surface area contributed by atoms with Crippen molar-refractivity contribution in [3.63, 3.8) is 0 Å². The largest absolute Gasteiger partial charge is 0.357 e. The van der Waals surface area contributed by atoms with Crippen LogP contribution in [0.3, 0.4) is 0 Å². The fraction of sp³-hybridized carbons (Fsp3) is 0.467. The predicted molar refractivity (Wildman–Crippen MR) is 75.7 cm³/mol. The van der Waals surface area contributed by atoms with Crippen molar-refractivity contribution < 1.29 is 9.59 Å². The molecule has 0 aromatic heterocycles. The Bertz CT molecular complexity index is 417. The van der Waals surface area contributed by atoms with Crippen molar-refractivity contribution in [2.75, 3.05) is 13.6 Å². The quantitative estimate of drug-likeness (QED) is 0.846. The van der Waals surface area contributed by atoms with Gasteiger partial charge in [-0.2, -0.15) is 0 Å². The van der Waals surface area contributed by atoms with Gasteiger partial charge in [0.25, 0.3) is 0 Å². The van der Waals surface area contributed by atoms with Crippen molar-refractivity contribution in [3.05, 3.63) is 35.9 Å². The predicted octanol–water partition coefficient (Wildman–Crippen LogP) is 1.60. The lowest BCUT2D eigenvalue weighted by Gasteiger charge is -2.28. The van der Waals surface area contributed by atoms with Crippen LogP contribution < -0.4 is 5.32 Å². The van der Waals surface area contributed by atoms with Gasteiger partial charge in [0.2, 0.25) is 11.8 Å². The minimum Gasteiger partial charge on any atom is -0.357 e. The Hall–Kier alpha value is -1.84. The van der Waals surface area contributed by atoms with Gasteiger partial charge in [-0.05, 0) is 18.9 Å². The monoisotopic (exact) mass is 262 g/mol. The van der Waals surface area contributed by atoms with Gasteiger partial charge in [-0.25, -0.2) is 0 Å². The standard InChI is InChI=1S/C15H22N2O2/c1-4-14(18)17(12(2)15(19)16-3)11-10-13-8-6-5-7-9-13/h5-9,12H,4,10-11H2,1-3H3,(H,16,19)/t12-/m1/s1. The molecular formula is C15H22N2O2. The Morgan fingerprint density at radius 3 is 2.42 bits per heavy atom. The third-order valence-electron chi connectivity index (χ3n) is 3.20. The molecule has 0 saturated carbocycles. The molecule has 19 heavy (non-hydrogen) atoms. The van der Waals surface area contributed by atoms with Crippen LogP contribution in [0, 0.1) is 0 Å². The number of rotatable bonds is 6. The molecule has 0 heterocycles. The van der Waals surface area contributed by atoms with E-state index in [1.54, 1.807) is 18.9 Å². The molecule has 0 radical (unpaired) electrons. The summed E-state index contributed by atoms with van der Waals surface area (Å²) in [5.74, 6) is -0.123. The van der Waals surface area contributed by atoms with Crippen LogP contribution in [0.25, 0.3) is 0 Å². The summed E-state index contributed by atoms with van der Waals surface area (Å²) in [5.41, 5.74) is 1.17. The third-order valence-corrected chi connectivity index (χ3v) is 3.20. The highest BCUT2D eigenvalue weighted by Crippen LogP contribution is 2.07. The smallest absolute Gasteiger partial charge is 0.242 e. The van der Waals surface area contributed by atoms with Crippen molar-refractivity contribution in [3.8, 4) is 0 Å². The van der Waals surface area contributed by atoms with E-state index in [1.165, 1.54) is 5.56 Å². The lowest BCUT2D eigenvalue weighted by Crippen LogP contribution is -2.47. The van der Waals surface area contributed by atoms with Crippen molar-refractivity contribution in [2.24, 2.45) is 0 Å². The van der Waals surface area contributed by atoms with Gasteiger partial charge in [0, 0.05) is 20.0 Å². The Labute approximate surface area is 114 Å². The summed E-state index contributed by atoms with van der Waals surface area (Å²) in [5, 5.41) is 2.59. The molecule has 0 aliphatic carbocycles. The summed E-state index contributed by atoms with van der Waals surface area (Å²) in [6.07, 6.45) is 1.17. The molecule has 1 N–H and O–H groups in total. The molecule has 0 unspecified atom stereocenters. The third kappa shape index (κ3) is 4.39. The first kappa shape index (κ1) is 15.2. The average molecular weight is 262 g/mol. The number of amides is 2. The van der Waals surface area contributed by atoms with Crippen LogP contribution in [0.1, 0.15) is 25.8 Å². The van der Waals surface area contributed by atoms with Gasteiger partial charge in [-0.1, -0.05) is 37.3 Å². The van der Waals surface area contributed by atoms with Gasteiger partial charge in [-0.3, -0.25) is 9.59 Å². The molecule has 1 rings (SSSR count). The molecule has 104 valence electrons. The summed E-state index contributed by atoms with van der Waals surface area (Å²) >= 11 is 0. The van der Waals surface area contributed by atoms with Crippen molar-refractivity contribution in [2.45, 2.75) is 32.7 Å². The number of nitrogens with zero attached hydrogens (tertiary/aromatic N) is 1. The lowest BCUT2D eigenvalue weighted by molar-refractivity contribution is -0.139. The molecule has 0 fully saturated rings. The number of hydrogen-bond donors (Lipinski definition) is 1. The number of carbonyl (C=O) groups excluding carboxylic acids is 2. The van der Waals surface area contributed by atoms with Crippen molar-refractivity contribution in [1.82, 2.24) is 10.2 Å². The number of benzene rings is 1. The second kappa shape index (κ2) is 7.56. The van der Waals surface area contributed by atoms with E-state index in [9.17, 15) is 9.59 Å². The van der Waals surface area contributed by atoms with Crippen molar-refractivity contribution >= 4 is 11.8 Å². The van der Waals surface area contributed by atoms with Crippen LogP contribution in [-0.2, 0) is 16.0 Å². The summed E-state index contributed by atoms with van der Waals surface area (Å²) < 4.78 is 0. The molecule has 4 heteroatoms. The zero-order valence-corrected chi connectivity index (χ0v) is 11.8. The molecule has 1 aromatic carbocycles. The van der Waals surface area contributed by atoms with E-state index in [4.69, 9.17) is 0 Å². The first-order valence-corrected chi connectivity index (χ1v) is 6.65. The minimum atomic E-state index is -0.429. The van der Waals surface area contributed by atoms with Crippen LogP contribution >= 0.6 is 0 Å². The summed E-state index contributed by atoms with van der Waals surface area (Å²) in [7, 11) is 1.59. The van der Waals surface area contributed by atoms with Gasteiger partial charge in [0.15, 0.2) is 0 Å². The van der Waals surface area contributed by atoms with E-state index in [1.807, 2.05) is 37.3 Å². The number of carbonyl (C=O) groups is 2. The molecule has 1 aromatic rings. The fourth-order valence-electron chi connectivity index (χ4n) is 1.98. The van der Waals surface area contributed by atoms with Gasteiger partial charge >= 0.3 is 0 Å². The van der Waals surface area contributed by atoms with E-state index in [0.717, 1.165) is 6.42 Å². The molecule has 4 nitrogen and oxygen atoms in total. The molecule has 2 amide bonds. The molecular weight excluding hydrogens is 240 g/mol. The highest BCUT2D eigenvalue weighted by Gasteiger charge is 2.23. The van der Waals surface area contributed by atoms with Gasteiger partial charge < -0.3 is 10.2 Å². The zero-order valence-electron chi connectivity index (χ0n) is 11.8. The zero-order chi connectivity index (χ0) is 14.3. The van der Waals surface area contributed by atoms with Gasteiger partial charge in [0.05, 0.1) is 0 Å². The Morgan fingerprint density at radius 2 is 1.89 bits per heavy atom. The maximum atomic E-state index is 11.9. The Morgan fingerprint density at radius 1 is 1.26 bits per heavy atom. The molecule has 0 spiro atoms. The number of likely N-dealkylation sites (N-methyl/N-ethyl adjacent to an activating group) is 1. The summed E-state index contributed by atoms with van der Waals surface area (Å²) in [6.45, 7) is 4.14. The molecule has 0 aliphatic rings. The van der Waals surface area contributed by atoms with Crippen LogP contribution in [0.15, 0.2) is 30.3 Å². The van der Waals surface area contributed by atoms with E-state index in [2.05, 4.69) is 5.32 Å². The maximum absolute atomic E-state index is 11.9. The normalized spacial score (nSPS) is 11.7. The highest BCUT2D eigenvalue weighted by molar-refractivity contribution is 5.87. The summed E-state index contributed by atoms with van der Waals surface area (Å²) in [6, 6.07) is 9.54. The first-order chi connectivity index (χ1) is 9.10. The minimum absolute atomic E-state index is 0.00651. The van der Waals surface area contributed by atoms with Crippen molar-refractivity contribution in [1.29, 1.82) is 0 Å². The van der Waals surface area contributed by atoms with Crippen LogP contribution in [0.2, 0.25) is 0 Å². The summed E-state index contributed by atoms with van der Waals surface area (Å²) in [4.78, 5) is 25.3. The molecule has 0 aliphatic heterocycles. The highest BCUT2D eigenvalue weighted by atomic mass is 16.2. The number of hydrogen-bond acceptors (Lipinski definition) is 2.